The van der Waals surface area contributed by atoms with Crippen LogP contribution < -0.4 is 11.1 Å². The topological polar surface area (TPSA) is 98.0 Å². The van der Waals surface area contributed by atoms with E-state index in [9.17, 15) is 9.59 Å². The number of amides is 1. The van der Waals surface area contributed by atoms with Crippen molar-refractivity contribution in [2.75, 3.05) is 5.32 Å². The lowest BCUT2D eigenvalue weighted by molar-refractivity contribution is 0.0982. The molecular weight excluding hydrogens is 328 g/mol. The second kappa shape index (κ2) is 7.40. The molecule has 0 saturated carbocycles. The molecule has 3 N–H and O–H groups in total. The zero-order valence-electron chi connectivity index (χ0n) is 13.8. The summed E-state index contributed by atoms with van der Waals surface area (Å²) < 4.78 is 0. The van der Waals surface area contributed by atoms with Crippen molar-refractivity contribution in [3.63, 3.8) is 0 Å². The normalized spacial score (nSPS) is 10.5. The first-order chi connectivity index (χ1) is 11.4. The summed E-state index contributed by atoms with van der Waals surface area (Å²) in [6.07, 6.45) is 0.944. The predicted molar refractivity (Wildman–Crippen MR) is 94.0 cm³/mol. The van der Waals surface area contributed by atoms with E-state index < -0.39 is 5.91 Å². The number of hydrogen-bond donors (Lipinski definition) is 2. The molecule has 0 bridgehead atoms. The molecule has 0 radical (unpaired) electrons. The maximum absolute atomic E-state index is 12.0. The van der Waals surface area contributed by atoms with Gasteiger partial charge in [-0.05, 0) is 25.0 Å². The Morgan fingerprint density at radius 3 is 2.54 bits per heavy atom. The molecule has 2 aromatic rings. The van der Waals surface area contributed by atoms with Gasteiger partial charge >= 0.3 is 0 Å². The summed E-state index contributed by atoms with van der Waals surface area (Å²) in [6.45, 7) is 5.49. The van der Waals surface area contributed by atoms with Gasteiger partial charge in [0.05, 0.1) is 5.69 Å². The Morgan fingerprint density at radius 1 is 1.25 bits per heavy atom. The molecule has 7 heteroatoms. The summed E-state index contributed by atoms with van der Waals surface area (Å²) >= 11 is 6.10. The molecule has 0 unspecified atom stereocenters. The van der Waals surface area contributed by atoms with Crippen molar-refractivity contribution < 1.29 is 9.59 Å². The molecule has 24 heavy (non-hydrogen) atoms. The highest BCUT2D eigenvalue weighted by Crippen LogP contribution is 2.26. The maximum atomic E-state index is 12.0. The molecule has 0 aliphatic carbocycles. The number of benzene rings is 1. The summed E-state index contributed by atoms with van der Waals surface area (Å²) in [4.78, 5) is 32.1. The first-order valence-electron chi connectivity index (χ1n) is 7.65. The number of aromatic nitrogens is 2. The highest BCUT2D eigenvalue weighted by atomic mass is 35.5. The summed E-state index contributed by atoms with van der Waals surface area (Å²) in [6, 6.07) is 5.31. The molecule has 6 nitrogen and oxygen atoms in total. The Balaban J connectivity index is 2.50. The Kier molecular flexibility index (Phi) is 5.51. The molecule has 1 amide bonds. The van der Waals surface area contributed by atoms with Crippen LogP contribution in [0.15, 0.2) is 18.2 Å². The number of aryl methyl sites for hydroxylation is 1. The first-order valence-corrected chi connectivity index (χ1v) is 8.02. The van der Waals surface area contributed by atoms with Crippen LogP contribution in [0.4, 0.5) is 11.5 Å². The van der Waals surface area contributed by atoms with E-state index in [1.165, 1.54) is 0 Å². The average Bonchev–Trinajstić information content (AvgIpc) is 2.56. The summed E-state index contributed by atoms with van der Waals surface area (Å²) in [5.41, 5.74) is 7.94. The second-order valence-electron chi connectivity index (χ2n) is 5.26. The van der Waals surface area contributed by atoms with Crippen LogP contribution in [0.2, 0.25) is 5.15 Å². The van der Waals surface area contributed by atoms with E-state index in [1.54, 1.807) is 18.2 Å². The lowest BCUT2D eigenvalue weighted by Gasteiger charge is -2.14. The minimum atomic E-state index is -0.699. The number of hydrogen-bond acceptors (Lipinski definition) is 5. The number of Topliss-reactive ketones (excluding diaryl/α,β-unsaturated/α-hetero) is 1. The van der Waals surface area contributed by atoms with Gasteiger partial charge in [-0.15, -0.1) is 0 Å². The lowest BCUT2D eigenvalue weighted by atomic mass is 10.0. The molecule has 0 atom stereocenters. The quantitative estimate of drug-likeness (QED) is 0.781. The number of nitrogens with two attached hydrogens (primary N) is 1. The highest BCUT2D eigenvalue weighted by molar-refractivity contribution is 6.30. The number of carbonyl (C=O) groups excluding carboxylic acids is 2. The van der Waals surface area contributed by atoms with Gasteiger partial charge in [-0.3, -0.25) is 9.59 Å². The lowest BCUT2D eigenvalue weighted by Crippen LogP contribution is -2.18. The van der Waals surface area contributed by atoms with Gasteiger partial charge in [0, 0.05) is 17.7 Å². The first kappa shape index (κ1) is 17.9. The molecule has 1 aromatic heterocycles. The average molecular weight is 347 g/mol. The van der Waals surface area contributed by atoms with Crippen molar-refractivity contribution in [3.05, 3.63) is 45.9 Å². The number of rotatable bonds is 6. The third-order valence-corrected chi connectivity index (χ3v) is 4.00. The number of anilines is 2. The van der Waals surface area contributed by atoms with E-state index in [0.717, 1.165) is 5.56 Å². The van der Waals surface area contributed by atoms with Crippen molar-refractivity contribution in [2.24, 2.45) is 5.73 Å². The van der Waals surface area contributed by atoms with E-state index in [4.69, 9.17) is 17.3 Å². The van der Waals surface area contributed by atoms with Crippen LogP contribution in [0, 0.1) is 6.92 Å². The van der Waals surface area contributed by atoms with E-state index in [2.05, 4.69) is 15.3 Å². The molecule has 0 fully saturated rings. The Bertz CT molecular complexity index is 805. The largest absolute Gasteiger partial charge is 0.364 e. The fourth-order valence-electron chi connectivity index (χ4n) is 2.32. The smallest absolute Gasteiger partial charge is 0.271 e. The third-order valence-electron chi connectivity index (χ3n) is 3.70. The number of carbonyl (C=O) groups is 2. The van der Waals surface area contributed by atoms with Crippen molar-refractivity contribution in [2.45, 2.75) is 33.6 Å². The van der Waals surface area contributed by atoms with Crippen LogP contribution in [0.5, 0.6) is 0 Å². The van der Waals surface area contributed by atoms with Crippen molar-refractivity contribution >= 4 is 34.8 Å². The standard InChI is InChI=1S/C17H19ClN4O2/c1-4-11-15(18)22-17(14(20-11)16(19)24)21-12-8-6-7-10(9(12)3)13(23)5-2/h6-8H,4-5H2,1-3H3,(H2,19,24)(H,21,22). The fourth-order valence-corrected chi connectivity index (χ4v) is 2.59. The van der Waals surface area contributed by atoms with Crippen LogP contribution in [0.1, 0.15) is 52.4 Å². The number of halogens is 1. The van der Waals surface area contributed by atoms with E-state index in [1.807, 2.05) is 20.8 Å². The van der Waals surface area contributed by atoms with Gasteiger partial charge < -0.3 is 11.1 Å². The number of nitrogens with zero attached hydrogens (tertiary/aromatic N) is 2. The van der Waals surface area contributed by atoms with E-state index in [0.29, 0.717) is 29.8 Å². The van der Waals surface area contributed by atoms with Gasteiger partial charge in [0.1, 0.15) is 0 Å². The zero-order chi connectivity index (χ0) is 17.9. The van der Waals surface area contributed by atoms with Gasteiger partial charge in [-0.2, -0.15) is 0 Å². The Labute approximate surface area is 145 Å². The molecular formula is C17H19ClN4O2. The summed E-state index contributed by atoms with van der Waals surface area (Å²) in [5.74, 6) is -0.486. The zero-order valence-corrected chi connectivity index (χ0v) is 14.6. The number of ketones is 1. The molecule has 0 aliphatic heterocycles. The molecule has 1 heterocycles. The molecule has 1 aromatic carbocycles. The van der Waals surface area contributed by atoms with Crippen LogP contribution in [0.25, 0.3) is 0 Å². The highest BCUT2D eigenvalue weighted by Gasteiger charge is 2.18. The van der Waals surface area contributed by atoms with Crippen LogP contribution in [0.3, 0.4) is 0 Å². The predicted octanol–water partition coefficient (Wildman–Crippen LogP) is 3.44. The molecule has 2 rings (SSSR count). The van der Waals surface area contributed by atoms with Crippen LogP contribution in [-0.4, -0.2) is 21.7 Å². The Morgan fingerprint density at radius 2 is 1.96 bits per heavy atom. The van der Waals surface area contributed by atoms with E-state index >= 15 is 0 Å². The van der Waals surface area contributed by atoms with Crippen LogP contribution in [-0.2, 0) is 6.42 Å². The second-order valence-corrected chi connectivity index (χ2v) is 5.61. The van der Waals surface area contributed by atoms with E-state index in [-0.39, 0.29) is 22.4 Å². The molecule has 126 valence electrons. The minimum absolute atomic E-state index is 0.0165. The monoisotopic (exact) mass is 346 g/mol. The van der Waals surface area contributed by atoms with Crippen molar-refractivity contribution in [1.29, 1.82) is 0 Å². The van der Waals surface area contributed by atoms with Crippen molar-refractivity contribution in [1.82, 2.24) is 9.97 Å². The summed E-state index contributed by atoms with van der Waals surface area (Å²) in [7, 11) is 0. The third kappa shape index (κ3) is 3.54. The molecule has 0 saturated heterocycles. The molecule has 0 spiro atoms. The maximum Gasteiger partial charge on any atom is 0.271 e. The van der Waals surface area contributed by atoms with Gasteiger partial charge in [0.2, 0.25) is 0 Å². The summed E-state index contributed by atoms with van der Waals surface area (Å²) in [5, 5.41) is 3.23. The Hall–Kier alpha value is -2.47. The fraction of sp³-hybridized carbons (Fsp3) is 0.294. The van der Waals surface area contributed by atoms with Gasteiger partial charge in [0.15, 0.2) is 22.4 Å². The van der Waals surface area contributed by atoms with Gasteiger partial charge in [-0.25, -0.2) is 9.97 Å². The van der Waals surface area contributed by atoms with Crippen molar-refractivity contribution in [3.8, 4) is 0 Å². The van der Waals surface area contributed by atoms with Gasteiger partial charge in [0.25, 0.3) is 5.91 Å². The number of nitrogens with one attached hydrogen (secondary N) is 1. The SMILES string of the molecule is CCC(=O)c1cccc(Nc2nc(Cl)c(CC)nc2C(N)=O)c1C. The van der Waals surface area contributed by atoms with Crippen LogP contribution >= 0.6 is 11.6 Å². The van der Waals surface area contributed by atoms with Gasteiger partial charge in [-0.1, -0.05) is 37.6 Å². The molecule has 0 aliphatic rings. The minimum Gasteiger partial charge on any atom is -0.364 e. The number of primary amides is 1.